The minimum Gasteiger partial charge on any atom is -0.338 e. The lowest BCUT2D eigenvalue weighted by Gasteiger charge is -2.32. The van der Waals surface area contributed by atoms with Crippen molar-refractivity contribution in [3.63, 3.8) is 0 Å². The first-order chi connectivity index (χ1) is 10.2. The Morgan fingerprint density at radius 3 is 3.05 bits per heavy atom. The standard InChI is InChI=1S/C16H17FN2OS/c17-14-6-2-1-5-13(14)16(20)19-8-3-4-12(11-19)10-15-18-7-9-21-15/h1-2,5-7,9,12H,3-4,8,10-11H2. The van der Waals surface area contributed by atoms with Gasteiger partial charge in [-0.2, -0.15) is 0 Å². The van der Waals surface area contributed by atoms with Crippen molar-refractivity contribution in [2.45, 2.75) is 19.3 Å². The van der Waals surface area contributed by atoms with Crippen LogP contribution in [0.4, 0.5) is 4.39 Å². The highest BCUT2D eigenvalue weighted by Crippen LogP contribution is 2.23. The van der Waals surface area contributed by atoms with Gasteiger partial charge in [0.25, 0.3) is 5.91 Å². The van der Waals surface area contributed by atoms with Crippen LogP contribution in [0, 0.1) is 11.7 Å². The monoisotopic (exact) mass is 304 g/mol. The number of piperidine rings is 1. The molecule has 0 saturated carbocycles. The van der Waals surface area contributed by atoms with E-state index in [-0.39, 0.29) is 11.5 Å². The van der Waals surface area contributed by atoms with Crippen molar-refractivity contribution >= 4 is 17.2 Å². The molecule has 1 aliphatic rings. The predicted molar refractivity (Wildman–Crippen MR) is 80.8 cm³/mol. The minimum absolute atomic E-state index is 0.174. The lowest BCUT2D eigenvalue weighted by molar-refractivity contribution is 0.0668. The third-order valence-electron chi connectivity index (χ3n) is 3.86. The molecule has 1 aromatic heterocycles. The van der Waals surface area contributed by atoms with E-state index in [9.17, 15) is 9.18 Å². The van der Waals surface area contributed by atoms with Crippen molar-refractivity contribution in [1.82, 2.24) is 9.88 Å². The maximum atomic E-state index is 13.7. The highest BCUT2D eigenvalue weighted by molar-refractivity contribution is 7.09. The Kier molecular flexibility index (Phi) is 4.29. The first-order valence-corrected chi connectivity index (χ1v) is 8.04. The molecule has 1 amide bonds. The van der Waals surface area contributed by atoms with Crippen molar-refractivity contribution in [1.29, 1.82) is 0 Å². The molecule has 5 heteroatoms. The Balaban J connectivity index is 1.68. The molecule has 110 valence electrons. The Hall–Kier alpha value is -1.75. The van der Waals surface area contributed by atoms with Crippen molar-refractivity contribution in [2.75, 3.05) is 13.1 Å². The first kappa shape index (κ1) is 14.2. The van der Waals surface area contributed by atoms with E-state index in [0.717, 1.165) is 24.3 Å². The highest BCUT2D eigenvalue weighted by atomic mass is 32.1. The Morgan fingerprint density at radius 1 is 1.43 bits per heavy atom. The smallest absolute Gasteiger partial charge is 0.256 e. The molecule has 1 aromatic carbocycles. The van der Waals surface area contributed by atoms with Gasteiger partial charge in [-0.1, -0.05) is 12.1 Å². The topological polar surface area (TPSA) is 33.2 Å². The van der Waals surface area contributed by atoms with Gasteiger partial charge in [-0.15, -0.1) is 11.3 Å². The number of rotatable bonds is 3. The number of hydrogen-bond acceptors (Lipinski definition) is 3. The Labute approximate surface area is 127 Å². The summed E-state index contributed by atoms with van der Waals surface area (Å²) in [7, 11) is 0. The molecule has 1 saturated heterocycles. The molecule has 2 aromatic rings. The van der Waals surface area contributed by atoms with Gasteiger partial charge in [0.2, 0.25) is 0 Å². The number of nitrogens with zero attached hydrogens (tertiary/aromatic N) is 2. The van der Waals surface area contributed by atoms with Crippen molar-refractivity contribution < 1.29 is 9.18 Å². The van der Waals surface area contributed by atoms with Crippen LogP contribution in [0.1, 0.15) is 28.2 Å². The van der Waals surface area contributed by atoms with Gasteiger partial charge >= 0.3 is 0 Å². The number of carbonyl (C=O) groups is 1. The van der Waals surface area contributed by atoms with Gasteiger partial charge in [-0.25, -0.2) is 9.37 Å². The fraction of sp³-hybridized carbons (Fsp3) is 0.375. The van der Waals surface area contributed by atoms with Crippen LogP contribution in [0.5, 0.6) is 0 Å². The second-order valence-electron chi connectivity index (χ2n) is 5.37. The van der Waals surface area contributed by atoms with Crippen LogP contribution in [0.3, 0.4) is 0 Å². The molecule has 21 heavy (non-hydrogen) atoms. The number of hydrogen-bond donors (Lipinski definition) is 0. The van der Waals surface area contributed by atoms with Crippen molar-refractivity contribution in [2.24, 2.45) is 5.92 Å². The number of halogens is 1. The lowest BCUT2D eigenvalue weighted by atomic mass is 9.94. The van der Waals surface area contributed by atoms with Crippen LogP contribution >= 0.6 is 11.3 Å². The Bertz CT molecular complexity index is 614. The van der Waals surface area contributed by atoms with Gasteiger partial charge < -0.3 is 4.90 Å². The van der Waals surface area contributed by atoms with Crippen LogP contribution < -0.4 is 0 Å². The molecule has 3 nitrogen and oxygen atoms in total. The van der Waals surface area contributed by atoms with E-state index in [4.69, 9.17) is 0 Å². The maximum absolute atomic E-state index is 13.7. The molecular formula is C16H17FN2OS. The quantitative estimate of drug-likeness (QED) is 0.871. The molecular weight excluding hydrogens is 287 g/mol. The summed E-state index contributed by atoms with van der Waals surface area (Å²) in [5.74, 6) is -0.220. The largest absolute Gasteiger partial charge is 0.338 e. The highest BCUT2D eigenvalue weighted by Gasteiger charge is 2.26. The molecule has 0 spiro atoms. The number of carbonyl (C=O) groups excluding carboxylic acids is 1. The van der Waals surface area contributed by atoms with Crippen molar-refractivity contribution in [3.05, 3.63) is 52.2 Å². The molecule has 1 unspecified atom stereocenters. The average Bonchev–Trinajstić information content (AvgIpc) is 3.00. The van der Waals surface area contributed by atoms with Crippen molar-refractivity contribution in [3.8, 4) is 0 Å². The second kappa shape index (κ2) is 6.35. The molecule has 1 fully saturated rings. The minimum atomic E-state index is -0.440. The third-order valence-corrected chi connectivity index (χ3v) is 4.66. The summed E-state index contributed by atoms with van der Waals surface area (Å²) in [5.41, 5.74) is 0.174. The normalized spacial score (nSPS) is 18.7. The van der Waals surface area contributed by atoms with E-state index < -0.39 is 5.82 Å². The summed E-state index contributed by atoms with van der Waals surface area (Å²) >= 11 is 1.65. The lowest BCUT2D eigenvalue weighted by Crippen LogP contribution is -2.40. The summed E-state index contributed by atoms with van der Waals surface area (Å²) in [6, 6.07) is 6.20. The van der Waals surface area contributed by atoms with E-state index in [2.05, 4.69) is 4.98 Å². The van der Waals surface area contributed by atoms with E-state index in [1.165, 1.54) is 6.07 Å². The molecule has 2 heterocycles. The second-order valence-corrected chi connectivity index (χ2v) is 6.35. The zero-order valence-electron chi connectivity index (χ0n) is 11.7. The van der Waals surface area contributed by atoms with Crippen LogP contribution in [-0.2, 0) is 6.42 Å². The van der Waals surface area contributed by atoms with E-state index >= 15 is 0 Å². The number of thiazole rings is 1. The first-order valence-electron chi connectivity index (χ1n) is 7.16. The summed E-state index contributed by atoms with van der Waals surface area (Å²) in [4.78, 5) is 18.5. The number of benzene rings is 1. The van der Waals surface area contributed by atoms with E-state index in [1.54, 1.807) is 34.4 Å². The number of likely N-dealkylation sites (tertiary alicyclic amines) is 1. The van der Waals surface area contributed by atoms with Crippen LogP contribution in [0.15, 0.2) is 35.8 Å². The van der Waals surface area contributed by atoms with Gasteiger partial charge in [0.1, 0.15) is 5.82 Å². The van der Waals surface area contributed by atoms with Crippen LogP contribution in [-0.4, -0.2) is 28.9 Å². The Morgan fingerprint density at radius 2 is 2.29 bits per heavy atom. The van der Waals surface area contributed by atoms with Gasteiger partial charge in [0, 0.05) is 31.1 Å². The van der Waals surface area contributed by atoms with Crippen LogP contribution in [0.25, 0.3) is 0 Å². The van der Waals surface area contributed by atoms with Gasteiger partial charge in [0.05, 0.1) is 10.6 Å². The molecule has 0 aliphatic carbocycles. The summed E-state index contributed by atoms with van der Waals surface area (Å²) in [6.07, 6.45) is 4.78. The van der Waals surface area contributed by atoms with E-state index in [1.807, 2.05) is 11.6 Å². The predicted octanol–water partition coefficient (Wildman–Crippen LogP) is 3.38. The maximum Gasteiger partial charge on any atom is 0.256 e. The van der Waals surface area contributed by atoms with Gasteiger partial charge in [0.15, 0.2) is 0 Å². The molecule has 0 N–H and O–H groups in total. The summed E-state index contributed by atoms with van der Waals surface area (Å²) in [5, 5.41) is 3.08. The summed E-state index contributed by atoms with van der Waals surface area (Å²) < 4.78 is 13.7. The van der Waals surface area contributed by atoms with Crippen LogP contribution in [0.2, 0.25) is 0 Å². The number of amides is 1. The zero-order valence-corrected chi connectivity index (χ0v) is 12.5. The SMILES string of the molecule is O=C(c1ccccc1F)N1CCCC(Cc2nccs2)C1. The summed E-state index contributed by atoms with van der Waals surface area (Å²) in [6.45, 7) is 1.40. The molecule has 1 aliphatic heterocycles. The molecule has 3 rings (SSSR count). The molecule has 0 bridgehead atoms. The zero-order chi connectivity index (χ0) is 14.7. The van der Waals surface area contributed by atoms with Gasteiger partial charge in [-0.05, 0) is 30.9 Å². The fourth-order valence-corrected chi connectivity index (χ4v) is 3.55. The fourth-order valence-electron chi connectivity index (χ4n) is 2.82. The molecule has 0 radical (unpaired) electrons. The number of aromatic nitrogens is 1. The average molecular weight is 304 g/mol. The van der Waals surface area contributed by atoms with E-state index in [0.29, 0.717) is 19.0 Å². The molecule has 1 atom stereocenters. The van der Waals surface area contributed by atoms with Gasteiger partial charge in [-0.3, -0.25) is 4.79 Å². The third kappa shape index (κ3) is 3.29.